The highest BCUT2D eigenvalue weighted by atomic mass is 35.5. The molecule has 0 N–H and O–H groups in total. The molecule has 2 heterocycles. The van der Waals surface area contributed by atoms with Crippen LogP contribution < -0.4 is 9.64 Å². The molecule has 0 radical (unpaired) electrons. The number of aromatic nitrogens is 1. The second-order valence-corrected chi connectivity index (χ2v) is 7.65. The number of nitriles is 1. The van der Waals surface area contributed by atoms with E-state index >= 15 is 0 Å². The summed E-state index contributed by atoms with van der Waals surface area (Å²) in [6.45, 7) is 2.09. The highest BCUT2D eigenvalue weighted by Crippen LogP contribution is 2.25. The summed E-state index contributed by atoms with van der Waals surface area (Å²) in [5.74, 6) is 1.46. The Kier molecular flexibility index (Phi) is 6.43. The molecule has 1 amide bonds. The van der Waals surface area contributed by atoms with Crippen LogP contribution in [-0.4, -0.2) is 49.1 Å². The number of methoxy groups -OCH3 is 1. The first kappa shape index (κ1) is 21.5. The molecule has 0 bridgehead atoms. The summed E-state index contributed by atoms with van der Waals surface area (Å²) in [5.41, 5.74) is 1.72. The standard InChI is InChI=1S/C24H21ClN4O3/c1-31-20-7-2-4-17(14-20)8-9-22-27-21(16-26)24(32-22)29-12-10-28(11-13-29)23(30)18-5-3-6-19(25)15-18/h2-9,14-15H,10-13H2,1H3/b9-8+. The van der Waals surface area contributed by atoms with Gasteiger partial charge in [0.2, 0.25) is 17.5 Å². The summed E-state index contributed by atoms with van der Waals surface area (Å²) in [5, 5.41) is 10.0. The highest BCUT2D eigenvalue weighted by molar-refractivity contribution is 6.30. The van der Waals surface area contributed by atoms with Gasteiger partial charge in [0.1, 0.15) is 11.8 Å². The van der Waals surface area contributed by atoms with Crippen molar-refractivity contribution in [2.75, 3.05) is 38.2 Å². The second kappa shape index (κ2) is 9.58. The van der Waals surface area contributed by atoms with Gasteiger partial charge in [-0.2, -0.15) is 10.2 Å². The van der Waals surface area contributed by atoms with Gasteiger partial charge in [0.25, 0.3) is 5.91 Å². The lowest BCUT2D eigenvalue weighted by Crippen LogP contribution is -2.48. The molecular weight excluding hydrogens is 428 g/mol. The predicted molar refractivity (Wildman–Crippen MR) is 123 cm³/mol. The summed E-state index contributed by atoms with van der Waals surface area (Å²) in [6, 6.07) is 16.6. The molecule has 1 saturated heterocycles. The number of carbonyl (C=O) groups excluding carboxylic acids is 1. The molecule has 0 spiro atoms. The minimum Gasteiger partial charge on any atom is -0.497 e. The van der Waals surface area contributed by atoms with Crippen molar-refractivity contribution in [3.8, 4) is 11.8 Å². The number of amides is 1. The fourth-order valence-electron chi connectivity index (χ4n) is 3.52. The van der Waals surface area contributed by atoms with E-state index in [0.29, 0.717) is 48.5 Å². The number of nitrogens with zero attached hydrogens (tertiary/aromatic N) is 4. The normalized spacial score (nSPS) is 13.9. The summed E-state index contributed by atoms with van der Waals surface area (Å²) in [7, 11) is 1.62. The third-order valence-corrected chi connectivity index (χ3v) is 5.40. The summed E-state index contributed by atoms with van der Waals surface area (Å²) >= 11 is 6.01. The van der Waals surface area contributed by atoms with Crippen LogP contribution in [0.3, 0.4) is 0 Å². The first-order chi connectivity index (χ1) is 15.6. The number of piperazine rings is 1. The lowest BCUT2D eigenvalue weighted by atomic mass is 10.2. The average molecular weight is 449 g/mol. The van der Waals surface area contributed by atoms with E-state index < -0.39 is 0 Å². The minimum atomic E-state index is -0.0628. The van der Waals surface area contributed by atoms with Gasteiger partial charge < -0.3 is 19.0 Å². The monoisotopic (exact) mass is 448 g/mol. The number of rotatable bonds is 5. The van der Waals surface area contributed by atoms with Crippen molar-refractivity contribution in [2.45, 2.75) is 0 Å². The Morgan fingerprint density at radius 2 is 1.94 bits per heavy atom. The molecule has 1 aliphatic heterocycles. The van der Waals surface area contributed by atoms with Gasteiger partial charge in [0, 0.05) is 42.8 Å². The maximum atomic E-state index is 12.7. The molecule has 162 valence electrons. The number of hydrogen-bond donors (Lipinski definition) is 0. The number of halogens is 1. The highest BCUT2D eigenvalue weighted by Gasteiger charge is 2.26. The van der Waals surface area contributed by atoms with Gasteiger partial charge in [-0.25, -0.2) is 0 Å². The van der Waals surface area contributed by atoms with Crippen molar-refractivity contribution in [2.24, 2.45) is 0 Å². The number of oxazole rings is 1. The largest absolute Gasteiger partial charge is 0.497 e. The van der Waals surface area contributed by atoms with E-state index in [4.69, 9.17) is 20.8 Å². The zero-order valence-electron chi connectivity index (χ0n) is 17.5. The molecule has 2 aromatic carbocycles. The van der Waals surface area contributed by atoms with E-state index in [1.54, 1.807) is 42.4 Å². The van der Waals surface area contributed by atoms with E-state index in [9.17, 15) is 10.1 Å². The van der Waals surface area contributed by atoms with Crippen molar-refractivity contribution >= 4 is 35.5 Å². The molecule has 0 saturated carbocycles. The van der Waals surface area contributed by atoms with Crippen LogP contribution >= 0.6 is 11.6 Å². The molecule has 3 aromatic rings. The average Bonchev–Trinajstić information content (AvgIpc) is 3.26. The Bertz CT molecular complexity index is 1190. The fraction of sp³-hybridized carbons (Fsp3) is 0.208. The molecule has 0 aliphatic carbocycles. The molecule has 0 atom stereocenters. The molecule has 1 aliphatic rings. The molecule has 1 aromatic heterocycles. The Hall–Kier alpha value is -3.76. The lowest BCUT2D eigenvalue weighted by Gasteiger charge is -2.34. The maximum Gasteiger partial charge on any atom is 0.254 e. The van der Waals surface area contributed by atoms with Crippen LogP contribution in [0.15, 0.2) is 52.9 Å². The zero-order valence-corrected chi connectivity index (χ0v) is 18.2. The predicted octanol–water partition coefficient (Wildman–Crippen LogP) is 4.34. The van der Waals surface area contributed by atoms with Crippen LogP contribution in [0.25, 0.3) is 12.2 Å². The minimum absolute atomic E-state index is 0.0628. The zero-order chi connectivity index (χ0) is 22.5. The van der Waals surface area contributed by atoms with E-state index in [2.05, 4.69) is 11.1 Å². The van der Waals surface area contributed by atoms with Crippen LogP contribution in [-0.2, 0) is 0 Å². The number of benzene rings is 2. The van der Waals surface area contributed by atoms with Gasteiger partial charge in [0.15, 0.2) is 0 Å². The molecule has 0 unspecified atom stereocenters. The van der Waals surface area contributed by atoms with Crippen LogP contribution in [0.2, 0.25) is 5.02 Å². The second-order valence-electron chi connectivity index (χ2n) is 7.22. The Morgan fingerprint density at radius 3 is 2.66 bits per heavy atom. The molecule has 32 heavy (non-hydrogen) atoms. The topological polar surface area (TPSA) is 82.6 Å². The number of hydrogen-bond acceptors (Lipinski definition) is 6. The van der Waals surface area contributed by atoms with Crippen molar-refractivity contribution in [3.05, 3.63) is 76.3 Å². The van der Waals surface area contributed by atoms with Gasteiger partial charge in [-0.1, -0.05) is 29.8 Å². The van der Waals surface area contributed by atoms with Gasteiger partial charge in [0.05, 0.1) is 7.11 Å². The smallest absolute Gasteiger partial charge is 0.254 e. The first-order valence-electron chi connectivity index (χ1n) is 10.1. The van der Waals surface area contributed by atoms with E-state index in [0.717, 1.165) is 11.3 Å². The maximum absolute atomic E-state index is 12.7. The quantitative estimate of drug-likeness (QED) is 0.577. The van der Waals surface area contributed by atoms with Gasteiger partial charge in [-0.3, -0.25) is 4.79 Å². The van der Waals surface area contributed by atoms with Gasteiger partial charge in [-0.15, -0.1) is 0 Å². The Morgan fingerprint density at radius 1 is 1.16 bits per heavy atom. The first-order valence-corrected chi connectivity index (χ1v) is 10.5. The van der Waals surface area contributed by atoms with Crippen molar-refractivity contribution in [1.82, 2.24) is 9.88 Å². The third-order valence-electron chi connectivity index (χ3n) is 5.17. The SMILES string of the molecule is COc1cccc(/C=C/c2nc(C#N)c(N3CCN(C(=O)c4cccc(Cl)c4)CC3)o2)c1. The third kappa shape index (κ3) is 4.76. The molecule has 4 rings (SSSR count). The Labute approximate surface area is 191 Å². The lowest BCUT2D eigenvalue weighted by molar-refractivity contribution is 0.0745. The fourth-order valence-corrected chi connectivity index (χ4v) is 3.71. The van der Waals surface area contributed by atoms with Crippen LogP contribution in [0.4, 0.5) is 5.88 Å². The van der Waals surface area contributed by atoms with Crippen molar-refractivity contribution < 1.29 is 13.9 Å². The molecule has 8 heteroatoms. The molecule has 1 fully saturated rings. The van der Waals surface area contributed by atoms with E-state index in [-0.39, 0.29) is 11.6 Å². The molecule has 7 nitrogen and oxygen atoms in total. The van der Waals surface area contributed by atoms with E-state index in [1.807, 2.05) is 35.2 Å². The number of anilines is 1. The van der Waals surface area contributed by atoms with Crippen LogP contribution in [0.5, 0.6) is 5.75 Å². The Balaban J connectivity index is 1.44. The summed E-state index contributed by atoms with van der Waals surface area (Å²) in [4.78, 5) is 20.7. The van der Waals surface area contributed by atoms with Crippen LogP contribution in [0.1, 0.15) is 27.5 Å². The number of carbonyl (C=O) groups is 1. The van der Waals surface area contributed by atoms with Crippen molar-refractivity contribution in [3.63, 3.8) is 0 Å². The number of ether oxygens (including phenoxy) is 1. The van der Waals surface area contributed by atoms with Crippen molar-refractivity contribution in [1.29, 1.82) is 5.26 Å². The van der Waals surface area contributed by atoms with Crippen LogP contribution in [0, 0.1) is 11.3 Å². The summed E-state index contributed by atoms with van der Waals surface area (Å²) in [6.07, 6.45) is 3.57. The molecular formula is C24H21ClN4O3. The van der Waals surface area contributed by atoms with E-state index in [1.165, 1.54) is 0 Å². The van der Waals surface area contributed by atoms with Gasteiger partial charge >= 0.3 is 0 Å². The summed E-state index contributed by atoms with van der Waals surface area (Å²) < 4.78 is 11.1. The van der Waals surface area contributed by atoms with Gasteiger partial charge in [-0.05, 0) is 42.0 Å².